The van der Waals surface area contributed by atoms with Crippen molar-refractivity contribution < 1.29 is 13.2 Å². The Bertz CT molecular complexity index is 582. The summed E-state index contributed by atoms with van der Waals surface area (Å²) >= 11 is 1.07. The summed E-state index contributed by atoms with van der Waals surface area (Å²) in [5, 5.41) is 3.28. The van der Waals surface area contributed by atoms with Gasteiger partial charge in [0.25, 0.3) is 0 Å². The van der Waals surface area contributed by atoms with Gasteiger partial charge in [-0.25, -0.2) is 8.42 Å². The second-order valence-corrected chi connectivity index (χ2v) is 7.16. The fourth-order valence-electron chi connectivity index (χ4n) is 1.89. The molecular formula is C10H16N4O3S2. The van der Waals surface area contributed by atoms with Crippen LogP contribution in [0.1, 0.15) is 13.3 Å². The molecule has 0 atom stereocenters. The average molecular weight is 304 g/mol. The summed E-state index contributed by atoms with van der Waals surface area (Å²) in [4.78, 5) is 13.3. The number of carbonyl (C=O) groups excluding carboxylic acids is 1. The van der Waals surface area contributed by atoms with Gasteiger partial charge < -0.3 is 16.0 Å². The lowest BCUT2D eigenvalue weighted by atomic mass is 10.4. The smallest absolute Gasteiger partial charge is 0.221 e. The van der Waals surface area contributed by atoms with Crippen molar-refractivity contribution >= 4 is 38.1 Å². The molecule has 3 N–H and O–H groups in total. The number of aromatic nitrogens is 1. The van der Waals surface area contributed by atoms with Crippen LogP contribution >= 0.6 is 11.5 Å². The molecule has 0 bridgehead atoms. The number of carbonyl (C=O) groups is 1. The molecule has 2 rings (SSSR count). The zero-order valence-electron chi connectivity index (χ0n) is 10.5. The summed E-state index contributed by atoms with van der Waals surface area (Å²) in [5.74, 6) is -0.00144. The minimum absolute atomic E-state index is 0.0202. The highest BCUT2D eigenvalue weighted by Gasteiger charge is 2.28. The van der Waals surface area contributed by atoms with E-state index in [1.165, 1.54) is 0 Å². The third-order valence-electron chi connectivity index (χ3n) is 2.95. The number of sulfone groups is 1. The molecule has 0 unspecified atom stereocenters. The quantitative estimate of drug-likeness (QED) is 0.804. The first-order valence-corrected chi connectivity index (χ1v) is 8.38. The van der Waals surface area contributed by atoms with Crippen LogP contribution in [0.15, 0.2) is 4.90 Å². The van der Waals surface area contributed by atoms with Gasteiger partial charge in [0.05, 0.1) is 5.75 Å². The van der Waals surface area contributed by atoms with Crippen molar-refractivity contribution in [1.82, 2.24) is 9.69 Å². The molecule has 0 radical (unpaired) electrons. The van der Waals surface area contributed by atoms with Gasteiger partial charge in [-0.2, -0.15) is 4.37 Å². The number of hydrogen-bond donors (Lipinski definition) is 2. The fraction of sp³-hybridized carbons (Fsp3) is 0.600. The Morgan fingerprint density at radius 1 is 1.47 bits per heavy atom. The van der Waals surface area contributed by atoms with E-state index in [0.717, 1.165) is 11.5 Å². The van der Waals surface area contributed by atoms with Crippen LogP contribution in [0.4, 0.5) is 10.8 Å². The Morgan fingerprint density at radius 3 is 2.89 bits per heavy atom. The third kappa shape index (κ3) is 2.81. The van der Waals surface area contributed by atoms with Crippen molar-refractivity contribution in [3.05, 3.63) is 0 Å². The summed E-state index contributed by atoms with van der Waals surface area (Å²) in [6, 6.07) is 0. The number of nitrogens with zero attached hydrogens (tertiary/aromatic N) is 2. The van der Waals surface area contributed by atoms with E-state index in [1.54, 1.807) is 6.92 Å². The molecule has 0 aliphatic carbocycles. The Kier molecular flexibility index (Phi) is 3.95. The Balaban J connectivity index is 2.38. The molecule has 0 spiro atoms. The highest BCUT2D eigenvalue weighted by molar-refractivity contribution is 7.91. The lowest BCUT2D eigenvalue weighted by Gasteiger charge is -2.20. The maximum atomic E-state index is 12.1. The SMILES string of the molecule is CCS(=O)(=O)c1c(N)nsc1N1CCNC(=O)CC1. The number of nitrogens with one attached hydrogen (secondary N) is 1. The largest absolute Gasteiger partial charge is 0.382 e. The maximum Gasteiger partial charge on any atom is 0.221 e. The van der Waals surface area contributed by atoms with Gasteiger partial charge in [-0.3, -0.25) is 4.79 Å². The third-order valence-corrected chi connectivity index (χ3v) is 5.79. The molecule has 7 nitrogen and oxygen atoms in total. The van der Waals surface area contributed by atoms with Gasteiger partial charge in [-0.15, -0.1) is 0 Å². The van der Waals surface area contributed by atoms with Gasteiger partial charge in [0.2, 0.25) is 5.91 Å². The first kappa shape index (κ1) is 14.1. The first-order chi connectivity index (χ1) is 8.95. The van der Waals surface area contributed by atoms with Gasteiger partial charge in [0.15, 0.2) is 15.7 Å². The van der Waals surface area contributed by atoms with Crippen molar-refractivity contribution in [3.63, 3.8) is 0 Å². The average Bonchev–Trinajstić information content (AvgIpc) is 2.63. The summed E-state index contributed by atoms with van der Waals surface area (Å²) < 4.78 is 28.1. The number of nitrogen functional groups attached to an aromatic ring is 1. The summed E-state index contributed by atoms with van der Waals surface area (Å²) in [6.07, 6.45) is 0.337. The number of hydrogen-bond acceptors (Lipinski definition) is 7. The highest BCUT2D eigenvalue weighted by Crippen LogP contribution is 2.35. The molecule has 1 aliphatic heterocycles. The van der Waals surface area contributed by atoms with Crippen LogP contribution in [0.2, 0.25) is 0 Å². The van der Waals surface area contributed by atoms with Crippen LogP contribution < -0.4 is 16.0 Å². The standard InChI is InChI=1S/C10H16N4O3S2/c1-2-19(16,17)8-9(11)13-18-10(8)14-5-3-7(15)12-4-6-14/h2-6H2,1H3,(H2,11,13)(H,12,15). The van der Waals surface area contributed by atoms with E-state index in [-0.39, 0.29) is 22.4 Å². The van der Waals surface area contributed by atoms with Crippen molar-refractivity contribution in [2.75, 3.05) is 36.0 Å². The van der Waals surface area contributed by atoms with E-state index in [9.17, 15) is 13.2 Å². The van der Waals surface area contributed by atoms with Crippen LogP contribution in [-0.2, 0) is 14.6 Å². The minimum atomic E-state index is -3.42. The van der Waals surface area contributed by atoms with Crippen molar-refractivity contribution in [2.45, 2.75) is 18.2 Å². The zero-order chi connectivity index (χ0) is 14.0. The lowest BCUT2D eigenvalue weighted by Crippen LogP contribution is -2.28. The molecule has 0 aromatic carbocycles. The van der Waals surface area contributed by atoms with Crippen LogP contribution in [0.25, 0.3) is 0 Å². The van der Waals surface area contributed by atoms with Gasteiger partial charge in [0, 0.05) is 26.1 Å². The molecule has 9 heteroatoms. The second kappa shape index (κ2) is 5.33. The monoisotopic (exact) mass is 304 g/mol. The van der Waals surface area contributed by atoms with Gasteiger partial charge in [-0.05, 0) is 11.5 Å². The van der Waals surface area contributed by atoms with Crippen molar-refractivity contribution in [1.29, 1.82) is 0 Å². The molecule has 0 saturated carbocycles. The number of amides is 1. The van der Waals surface area contributed by atoms with Gasteiger partial charge in [-0.1, -0.05) is 6.92 Å². The molecule has 2 heterocycles. The van der Waals surface area contributed by atoms with E-state index in [1.807, 2.05) is 4.90 Å². The summed E-state index contributed by atoms with van der Waals surface area (Å²) in [6.45, 7) is 3.09. The number of rotatable bonds is 3. The van der Waals surface area contributed by atoms with Gasteiger partial charge in [0.1, 0.15) is 9.90 Å². The molecule has 1 aromatic rings. The highest BCUT2D eigenvalue weighted by atomic mass is 32.2. The topological polar surface area (TPSA) is 105 Å². The van der Waals surface area contributed by atoms with Crippen LogP contribution in [0.5, 0.6) is 0 Å². The molecule has 106 valence electrons. The predicted octanol–water partition coefficient (Wildman–Crippen LogP) is -0.155. The zero-order valence-corrected chi connectivity index (χ0v) is 12.2. The molecule has 1 aromatic heterocycles. The second-order valence-electron chi connectivity index (χ2n) is 4.19. The first-order valence-electron chi connectivity index (χ1n) is 5.95. The van der Waals surface area contributed by atoms with Crippen LogP contribution in [-0.4, -0.2) is 44.1 Å². The molecule has 1 fully saturated rings. The van der Waals surface area contributed by atoms with Gasteiger partial charge >= 0.3 is 0 Å². The Labute approximate surface area is 115 Å². The van der Waals surface area contributed by atoms with Crippen LogP contribution in [0.3, 0.4) is 0 Å². The maximum absolute atomic E-state index is 12.1. The van der Waals surface area contributed by atoms with E-state index in [0.29, 0.717) is 31.1 Å². The predicted molar refractivity (Wildman–Crippen MR) is 74.1 cm³/mol. The van der Waals surface area contributed by atoms with E-state index >= 15 is 0 Å². The normalized spacial score (nSPS) is 17.1. The Hall–Kier alpha value is -1.35. The van der Waals surface area contributed by atoms with Crippen molar-refractivity contribution in [2.24, 2.45) is 0 Å². The molecule has 1 aliphatic rings. The lowest BCUT2D eigenvalue weighted by molar-refractivity contribution is -0.120. The molecule has 1 saturated heterocycles. The molecule has 1 amide bonds. The van der Waals surface area contributed by atoms with Crippen LogP contribution in [0, 0.1) is 0 Å². The van der Waals surface area contributed by atoms with E-state index in [4.69, 9.17) is 5.73 Å². The van der Waals surface area contributed by atoms with E-state index < -0.39 is 9.84 Å². The van der Waals surface area contributed by atoms with E-state index in [2.05, 4.69) is 9.69 Å². The van der Waals surface area contributed by atoms with Crippen molar-refractivity contribution in [3.8, 4) is 0 Å². The molecular weight excluding hydrogens is 288 g/mol. The Morgan fingerprint density at radius 2 is 2.21 bits per heavy atom. The summed E-state index contributed by atoms with van der Waals surface area (Å²) in [5.41, 5.74) is 5.69. The number of anilines is 2. The minimum Gasteiger partial charge on any atom is -0.382 e. The number of nitrogens with two attached hydrogens (primary N) is 1. The summed E-state index contributed by atoms with van der Waals surface area (Å²) in [7, 11) is -3.42. The molecule has 19 heavy (non-hydrogen) atoms. The fourth-order valence-corrected chi connectivity index (χ4v) is 4.25.